The molecule has 6 nitrogen and oxygen atoms in total. The highest BCUT2D eigenvalue weighted by Gasteiger charge is 2.30. The Morgan fingerprint density at radius 2 is 1.45 bits per heavy atom. The lowest BCUT2D eigenvalue weighted by Gasteiger charge is -2.29. The third kappa shape index (κ3) is 7.52. The Morgan fingerprint density at radius 3 is 1.95 bits per heavy atom. The Balaban J connectivity index is 4.15. The maximum Gasteiger partial charge on any atom is 0.111 e. The highest BCUT2D eigenvalue weighted by molar-refractivity contribution is 4.82. The number of rotatable bonds is 12. The van der Waals surface area contributed by atoms with Crippen molar-refractivity contribution in [1.29, 1.82) is 0 Å². The topological polar surface area (TPSA) is 104 Å². The summed E-state index contributed by atoms with van der Waals surface area (Å²) >= 11 is 0. The largest absolute Gasteiger partial charge is 0.394 e. The smallest absolute Gasteiger partial charge is 0.111 e. The lowest BCUT2D eigenvalue weighted by atomic mass is 10.0. The number of hydrogen-bond donors (Lipinski definition) is 5. The van der Waals surface area contributed by atoms with Gasteiger partial charge >= 0.3 is 0 Å². The maximum absolute atomic E-state index is 9.89. The molecule has 6 heteroatoms. The zero-order chi connectivity index (χ0) is 15.5. The molecular weight excluding hydrogens is 262 g/mol. The highest BCUT2D eigenvalue weighted by Crippen LogP contribution is 2.08. The minimum Gasteiger partial charge on any atom is -0.394 e. The summed E-state index contributed by atoms with van der Waals surface area (Å²) in [5.74, 6) is 0. The summed E-state index contributed by atoms with van der Waals surface area (Å²) in [7, 11) is 0. The molecule has 0 aliphatic rings. The van der Waals surface area contributed by atoms with Gasteiger partial charge in [0.2, 0.25) is 0 Å². The molecule has 0 aromatic carbocycles. The number of unbranched alkanes of at least 4 members (excludes halogenated alkanes) is 3. The molecule has 122 valence electrons. The second kappa shape index (κ2) is 11.4. The molecule has 5 N–H and O–H groups in total. The quantitative estimate of drug-likeness (QED) is 0.306. The van der Waals surface area contributed by atoms with Gasteiger partial charge in [-0.25, -0.2) is 0 Å². The van der Waals surface area contributed by atoms with Crippen LogP contribution in [-0.4, -0.2) is 81.1 Å². The van der Waals surface area contributed by atoms with Gasteiger partial charge in [-0.3, -0.25) is 0 Å². The molecule has 0 bridgehead atoms. The van der Waals surface area contributed by atoms with Crippen molar-refractivity contribution in [2.45, 2.75) is 63.9 Å². The van der Waals surface area contributed by atoms with E-state index in [-0.39, 0.29) is 6.54 Å². The van der Waals surface area contributed by atoms with E-state index in [9.17, 15) is 20.4 Å². The molecule has 0 aliphatic carbocycles. The molecule has 0 aromatic rings. The van der Waals surface area contributed by atoms with Crippen LogP contribution in [0, 0.1) is 0 Å². The summed E-state index contributed by atoms with van der Waals surface area (Å²) in [6.45, 7) is 5.27. The lowest BCUT2D eigenvalue weighted by molar-refractivity contribution is -0.119. The van der Waals surface area contributed by atoms with Crippen LogP contribution in [-0.2, 0) is 0 Å². The van der Waals surface area contributed by atoms with Crippen LogP contribution < -0.4 is 0 Å². The number of aliphatic hydroxyl groups is 5. The number of nitrogens with zero attached hydrogens (tertiary/aromatic N) is 1. The van der Waals surface area contributed by atoms with Crippen LogP contribution in [0.5, 0.6) is 0 Å². The van der Waals surface area contributed by atoms with Crippen molar-refractivity contribution in [3.63, 3.8) is 0 Å². The van der Waals surface area contributed by atoms with Crippen molar-refractivity contribution >= 4 is 0 Å². The van der Waals surface area contributed by atoms with Crippen molar-refractivity contribution in [3.8, 4) is 0 Å². The molecule has 4 atom stereocenters. The van der Waals surface area contributed by atoms with Crippen LogP contribution in [0.4, 0.5) is 0 Å². The van der Waals surface area contributed by atoms with E-state index in [1.54, 1.807) is 0 Å². The average Bonchev–Trinajstić information content (AvgIpc) is 2.47. The van der Waals surface area contributed by atoms with Crippen LogP contribution >= 0.6 is 0 Å². The first-order valence-electron chi connectivity index (χ1n) is 7.53. The Kier molecular flexibility index (Phi) is 11.3. The molecule has 0 saturated heterocycles. The minimum atomic E-state index is -1.55. The zero-order valence-corrected chi connectivity index (χ0v) is 12.6. The molecule has 0 unspecified atom stereocenters. The van der Waals surface area contributed by atoms with Gasteiger partial charge in [0, 0.05) is 6.54 Å². The number of aliphatic hydroxyl groups excluding tert-OH is 5. The fourth-order valence-corrected chi connectivity index (χ4v) is 2.08. The van der Waals surface area contributed by atoms with Gasteiger partial charge in [-0.1, -0.05) is 33.1 Å². The van der Waals surface area contributed by atoms with E-state index in [4.69, 9.17) is 5.11 Å². The summed E-state index contributed by atoms with van der Waals surface area (Å²) in [6, 6.07) is 0. The first kappa shape index (κ1) is 19.8. The van der Waals surface area contributed by atoms with E-state index in [0.717, 1.165) is 25.9 Å². The van der Waals surface area contributed by atoms with E-state index in [2.05, 4.69) is 6.92 Å². The van der Waals surface area contributed by atoms with Gasteiger partial charge in [0.1, 0.15) is 18.3 Å². The van der Waals surface area contributed by atoms with E-state index >= 15 is 0 Å². The molecule has 0 amide bonds. The maximum atomic E-state index is 9.89. The second-order valence-electron chi connectivity index (χ2n) is 5.25. The summed E-state index contributed by atoms with van der Waals surface area (Å²) in [4.78, 5) is 2.00. The monoisotopic (exact) mass is 293 g/mol. The minimum absolute atomic E-state index is 0.235. The molecule has 0 heterocycles. The van der Waals surface area contributed by atoms with Gasteiger partial charge in [-0.15, -0.1) is 0 Å². The molecule has 20 heavy (non-hydrogen) atoms. The summed E-state index contributed by atoms with van der Waals surface area (Å²) in [6.07, 6.45) is -1.10. The van der Waals surface area contributed by atoms with E-state index in [1.165, 1.54) is 12.8 Å². The summed E-state index contributed by atoms with van der Waals surface area (Å²) in [5.41, 5.74) is 0. The third-order valence-corrected chi connectivity index (χ3v) is 3.55. The predicted octanol–water partition coefficient (Wildman–Crippen LogP) is -0.675. The van der Waals surface area contributed by atoms with Crippen molar-refractivity contribution in [2.75, 3.05) is 26.2 Å². The van der Waals surface area contributed by atoms with Gasteiger partial charge < -0.3 is 30.4 Å². The van der Waals surface area contributed by atoms with E-state index < -0.39 is 31.0 Å². The zero-order valence-electron chi connectivity index (χ0n) is 12.6. The normalized spacial score (nSPS) is 18.0. The number of hydrogen-bond acceptors (Lipinski definition) is 6. The Morgan fingerprint density at radius 1 is 0.850 bits per heavy atom. The third-order valence-electron chi connectivity index (χ3n) is 3.55. The molecule has 0 fully saturated rings. The Labute approximate surface area is 121 Å². The summed E-state index contributed by atoms with van der Waals surface area (Å²) < 4.78 is 0. The molecule has 0 radical (unpaired) electrons. The second-order valence-corrected chi connectivity index (χ2v) is 5.25. The van der Waals surface area contributed by atoms with Crippen molar-refractivity contribution in [2.24, 2.45) is 0 Å². The van der Waals surface area contributed by atoms with Crippen LogP contribution in [0.3, 0.4) is 0 Å². The summed E-state index contributed by atoms with van der Waals surface area (Å²) in [5, 5.41) is 47.2. The molecule has 0 saturated carbocycles. The molecule has 0 aromatic heterocycles. The Bertz CT molecular complexity index is 230. The molecule has 0 rings (SSSR count). The lowest BCUT2D eigenvalue weighted by Crippen LogP contribution is -2.49. The van der Waals surface area contributed by atoms with Crippen molar-refractivity contribution < 1.29 is 25.5 Å². The van der Waals surface area contributed by atoms with Gasteiger partial charge in [-0.2, -0.15) is 0 Å². The van der Waals surface area contributed by atoms with E-state index in [1.807, 2.05) is 11.8 Å². The first-order chi connectivity index (χ1) is 9.47. The van der Waals surface area contributed by atoms with Gasteiger partial charge in [-0.05, 0) is 19.5 Å². The SMILES string of the molecule is CCCCCCN(CC)C[C@H](O)[C@@H](O)[C@H](O)[C@H](O)CO. The van der Waals surface area contributed by atoms with E-state index in [0.29, 0.717) is 0 Å². The van der Waals surface area contributed by atoms with Crippen LogP contribution in [0.2, 0.25) is 0 Å². The first-order valence-corrected chi connectivity index (χ1v) is 7.53. The van der Waals surface area contributed by atoms with Crippen LogP contribution in [0.25, 0.3) is 0 Å². The fraction of sp³-hybridized carbons (Fsp3) is 1.00. The standard InChI is InChI=1S/C14H31NO5/c1-3-5-6-7-8-15(4-2)9-11(17)13(19)14(20)12(18)10-16/h11-14,16-20H,3-10H2,1-2H3/t11-,12+,13+,14+/m0/s1. The van der Waals surface area contributed by atoms with Gasteiger partial charge in [0.05, 0.1) is 12.7 Å². The number of likely N-dealkylation sites (N-methyl/N-ethyl adjacent to an activating group) is 1. The average molecular weight is 293 g/mol. The molecular formula is C14H31NO5. The van der Waals surface area contributed by atoms with Crippen LogP contribution in [0.15, 0.2) is 0 Å². The van der Waals surface area contributed by atoms with Gasteiger partial charge in [0.15, 0.2) is 0 Å². The Hall–Kier alpha value is -0.240. The highest BCUT2D eigenvalue weighted by atomic mass is 16.4. The fourth-order valence-electron chi connectivity index (χ4n) is 2.08. The predicted molar refractivity (Wildman–Crippen MR) is 77.4 cm³/mol. The van der Waals surface area contributed by atoms with Gasteiger partial charge in [0.25, 0.3) is 0 Å². The van der Waals surface area contributed by atoms with Crippen molar-refractivity contribution in [1.82, 2.24) is 4.90 Å². The van der Waals surface area contributed by atoms with Crippen molar-refractivity contribution in [3.05, 3.63) is 0 Å². The molecule has 0 spiro atoms. The van der Waals surface area contributed by atoms with Crippen LogP contribution in [0.1, 0.15) is 39.5 Å². The molecule has 0 aliphatic heterocycles.